The van der Waals surface area contributed by atoms with Crippen LogP contribution in [0.2, 0.25) is 0 Å². The fourth-order valence-corrected chi connectivity index (χ4v) is 2.94. The summed E-state index contributed by atoms with van der Waals surface area (Å²) in [5.41, 5.74) is -0.566. The zero-order valence-electron chi connectivity index (χ0n) is 11.4. The Kier molecular flexibility index (Phi) is 4.76. The Balaban J connectivity index is 1.81. The molecular formula is C13H22N2O4. The summed E-state index contributed by atoms with van der Waals surface area (Å²) in [6.07, 6.45) is 4.35. The standard InChI is InChI=1S/C13H22N2O4/c1-18-9-10-19-8-4-7-15-12(17)14-11(16)13(15)5-2-3-6-13/h2-10H2,1H3,(H,14,16,17). The van der Waals surface area contributed by atoms with Crippen molar-refractivity contribution in [2.75, 3.05) is 33.5 Å². The predicted molar refractivity (Wildman–Crippen MR) is 68.8 cm³/mol. The first-order valence-corrected chi connectivity index (χ1v) is 6.90. The first-order valence-electron chi connectivity index (χ1n) is 6.90. The van der Waals surface area contributed by atoms with Crippen LogP contribution in [0.15, 0.2) is 0 Å². The third-order valence-corrected chi connectivity index (χ3v) is 3.94. The molecule has 1 N–H and O–H groups in total. The third kappa shape index (κ3) is 2.90. The Labute approximate surface area is 113 Å². The monoisotopic (exact) mass is 270 g/mol. The molecule has 108 valence electrons. The maximum Gasteiger partial charge on any atom is 0.325 e. The van der Waals surface area contributed by atoms with Crippen molar-refractivity contribution in [3.63, 3.8) is 0 Å². The second-order valence-electron chi connectivity index (χ2n) is 5.11. The quantitative estimate of drug-likeness (QED) is 0.551. The molecular weight excluding hydrogens is 248 g/mol. The number of ether oxygens (including phenoxy) is 2. The summed E-state index contributed by atoms with van der Waals surface area (Å²) in [6, 6.07) is -0.246. The number of urea groups is 1. The molecule has 0 atom stereocenters. The largest absolute Gasteiger partial charge is 0.382 e. The molecule has 0 bridgehead atoms. The molecule has 19 heavy (non-hydrogen) atoms. The van der Waals surface area contributed by atoms with Crippen molar-refractivity contribution in [2.24, 2.45) is 0 Å². The highest BCUT2D eigenvalue weighted by Gasteiger charge is 2.53. The second kappa shape index (κ2) is 6.34. The molecule has 0 aromatic heterocycles. The van der Waals surface area contributed by atoms with Gasteiger partial charge >= 0.3 is 6.03 Å². The summed E-state index contributed by atoms with van der Waals surface area (Å²) >= 11 is 0. The molecule has 1 spiro atoms. The highest BCUT2D eigenvalue weighted by Crippen LogP contribution is 2.38. The molecule has 0 unspecified atom stereocenters. The number of nitrogens with one attached hydrogen (secondary N) is 1. The number of hydrogen-bond donors (Lipinski definition) is 1. The van der Waals surface area contributed by atoms with Gasteiger partial charge < -0.3 is 14.4 Å². The Morgan fingerprint density at radius 3 is 2.63 bits per heavy atom. The van der Waals surface area contributed by atoms with E-state index in [-0.39, 0.29) is 11.9 Å². The van der Waals surface area contributed by atoms with Crippen molar-refractivity contribution < 1.29 is 19.1 Å². The summed E-state index contributed by atoms with van der Waals surface area (Å²) in [6.45, 7) is 2.29. The number of rotatable bonds is 7. The molecule has 2 aliphatic rings. The lowest BCUT2D eigenvalue weighted by molar-refractivity contribution is -0.126. The topological polar surface area (TPSA) is 67.9 Å². The number of amides is 3. The lowest BCUT2D eigenvalue weighted by Crippen LogP contribution is -2.47. The van der Waals surface area contributed by atoms with E-state index in [1.165, 1.54) is 0 Å². The van der Waals surface area contributed by atoms with E-state index >= 15 is 0 Å². The molecule has 6 heteroatoms. The SMILES string of the molecule is COCCOCCCN1C(=O)NC(=O)C12CCCC2. The maximum atomic E-state index is 12.0. The van der Waals surface area contributed by atoms with Crippen LogP contribution in [0, 0.1) is 0 Å². The third-order valence-electron chi connectivity index (χ3n) is 3.94. The highest BCUT2D eigenvalue weighted by atomic mass is 16.5. The summed E-state index contributed by atoms with van der Waals surface area (Å²) in [5, 5.41) is 2.45. The zero-order valence-corrected chi connectivity index (χ0v) is 11.4. The minimum absolute atomic E-state index is 0.115. The van der Waals surface area contributed by atoms with E-state index in [0.29, 0.717) is 26.4 Å². The molecule has 1 heterocycles. The van der Waals surface area contributed by atoms with Crippen molar-refractivity contribution in [1.82, 2.24) is 10.2 Å². The molecule has 1 aliphatic heterocycles. The minimum atomic E-state index is -0.566. The lowest BCUT2D eigenvalue weighted by atomic mass is 9.96. The van der Waals surface area contributed by atoms with Gasteiger partial charge in [0.2, 0.25) is 0 Å². The van der Waals surface area contributed by atoms with Gasteiger partial charge in [-0.1, -0.05) is 12.8 Å². The van der Waals surface area contributed by atoms with Crippen LogP contribution in [0.5, 0.6) is 0 Å². The van der Waals surface area contributed by atoms with E-state index in [1.807, 2.05) is 0 Å². The summed E-state index contributed by atoms with van der Waals surface area (Å²) in [4.78, 5) is 25.5. The first kappa shape index (κ1) is 14.3. The number of methoxy groups -OCH3 is 1. The van der Waals surface area contributed by atoms with Crippen LogP contribution in [-0.2, 0) is 14.3 Å². The lowest BCUT2D eigenvalue weighted by Gasteiger charge is -2.31. The van der Waals surface area contributed by atoms with Crippen molar-refractivity contribution in [3.8, 4) is 0 Å². The zero-order chi connectivity index (χ0) is 13.7. The molecule has 0 aromatic rings. The predicted octanol–water partition coefficient (Wildman–Crippen LogP) is 0.904. The van der Waals surface area contributed by atoms with Crippen LogP contribution in [0.25, 0.3) is 0 Å². The van der Waals surface area contributed by atoms with Crippen molar-refractivity contribution in [1.29, 1.82) is 0 Å². The smallest absolute Gasteiger partial charge is 0.325 e. The Morgan fingerprint density at radius 1 is 1.21 bits per heavy atom. The fourth-order valence-electron chi connectivity index (χ4n) is 2.94. The van der Waals surface area contributed by atoms with Gasteiger partial charge in [-0.2, -0.15) is 0 Å². The van der Waals surface area contributed by atoms with Crippen molar-refractivity contribution in [3.05, 3.63) is 0 Å². The number of nitrogens with zero attached hydrogens (tertiary/aromatic N) is 1. The molecule has 1 aliphatic carbocycles. The normalized spacial score (nSPS) is 21.4. The molecule has 1 saturated carbocycles. The second-order valence-corrected chi connectivity index (χ2v) is 5.11. The molecule has 3 amide bonds. The Hall–Kier alpha value is -1.14. The molecule has 0 radical (unpaired) electrons. The molecule has 0 aromatic carbocycles. The van der Waals surface area contributed by atoms with Gasteiger partial charge in [-0.05, 0) is 19.3 Å². The molecule has 1 saturated heterocycles. The van der Waals surface area contributed by atoms with E-state index < -0.39 is 5.54 Å². The van der Waals surface area contributed by atoms with Crippen LogP contribution in [0.4, 0.5) is 4.79 Å². The molecule has 6 nitrogen and oxygen atoms in total. The average Bonchev–Trinajstić information content (AvgIpc) is 2.95. The van der Waals surface area contributed by atoms with E-state index in [1.54, 1.807) is 12.0 Å². The highest BCUT2D eigenvalue weighted by molar-refractivity contribution is 6.07. The number of carbonyl (C=O) groups is 2. The number of carbonyl (C=O) groups excluding carboxylic acids is 2. The van der Waals surface area contributed by atoms with Crippen LogP contribution in [0.1, 0.15) is 32.1 Å². The van der Waals surface area contributed by atoms with Gasteiger partial charge in [0.15, 0.2) is 0 Å². The average molecular weight is 270 g/mol. The van der Waals surface area contributed by atoms with Crippen LogP contribution in [-0.4, -0.2) is 55.9 Å². The van der Waals surface area contributed by atoms with Gasteiger partial charge in [-0.15, -0.1) is 0 Å². The van der Waals surface area contributed by atoms with Gasteiger partial charge in [0.05, 0.1) is 13.2 Å². The number of imide groups is 1. The van der Waals surface area contributed by atoms with Crippen LogP contribution < -0.4 is 5.32 Å². The van der Waals surface area contributed by atoms with Crippen molar-refractivity contribution >= 4 is 11.9 Å². The number of hydrogen-bond acceptors (Lipinski definition) is 4. The summed E-state index contributed by atoms with van der Waals surface area (Å²) in [5.74, 6) is -0.115. The van der Waals surface area contributed by atoms with Gasteiger partial charge in [-0.3, -0.25) is 10.1 Å². The summed E-state index contributed by atoms with van der Waals surface area (Å²) in [7, 11) is 1.63. The van der Waals surface area contributed by atoms with Gasteiger partial charge in [0.25, 0.3) is 5.91 Å². The Morgan fingerprint density at radius 2 is 1.95 bits per heavy atom. The van der Waals surface area contributed by atoms with Gasteiger partial charge in [-0.25, -0.2) is 4.79 Å². The van der Waals surface area contributed by atoms with Crippen molar-refractivity contribution in [2.45, 2.75) is 37.6 Å². The van der Waals surface area contributed by atoms with Gasteiger partial charge in [0, 0.05) is 20.3 Å². The van der Waals surface area contributed by atoms with Crippen LogP contribution in [0.3, 0.4) is 0 Å². The minimum Gasteiger partial charge on any atom is -0.382 e. The Bertz CT molecular complexity index is 340. The maximum absolute atomic E-state index is 12.0. The van der Waals surface area contributed by atoms with E-state index in [2.05, 4.69) is 5.32 Å². The molecule has 2 rings (SSSR count). The van der Waals surface area contributed by atoms with Crippen LogP contribution >= 0.6 is 0 Å². The first-order chi connectivity index (χ1) is 9.20. The van der Waals surface area contributed by atoms with E-state index in [9.17, 15) is 9.59 Å². The fraction of sp³-hybridized carbons (Fsp3) is 0.846. The summed E-state index contributed by atoms with van der Waals surface area (Å²) < 4.78 is 10.3. The van der Waals surface area contributed by atoms with E-state index in [4.69, 9.17) is 9.47 Å². The van der Waals surface area contributed by atoms with E-state index in [0.717, 1.165) is 32.1 Å². The van der Waals surface area contributed by atoms with Gasteiger partial charge in [0.1, 0.15) is 5.54 Å². The molecule has 2 fully saturated rings.